The van der Waals surface area contributed by atoms with Crippen LogP contribution in [0.3, 0.4) is 0 Å². The van der Waals surface area contributed by atoms with E-state index in [0.29, 0.717) is 5.92 Å². The molecule has 7 nitrogen and oxygen atoms in total. The lowest BCUT2D eigenvalue weighted by atomic mass is 9.81. The quantitative estimate of drug-likeness (QED) is 0.486. The molecule has 3 aromatic heterocycles. The van der Waals surface area contributed by atoms with E-state index in [1.165, 1.54) is 30.2 Å². The number of amides is 1. The Bertz CT molecular complexity index is 1230. The molecule has 36 heavy (non-hydrogen) atoms. The molecule has 6 rings (SSSR count). The average molecular weight is 505 g/mol. The van der Waals surface area contributed by atoms with Gasteiger partial charge in [0.05, 0.1) is 21.5 Å². The average Bonchev–Trinajstić information content (AvgIpc) is 3.27. The zero-order valence-corrected chi connectivity index (χ0v) is 22.2. The Labute approximate surface area is 217 Å². The Morgan fingerprint density at radius 1 is 1.06 bits per heavy atom. The van der Waals surface area contributed by atoms with Gasteiger partial charge in [-0.3, -0.25) is 4.79 Å². The lowest BCUT2D eigenvalue weighted by Crippen LogP contribution is -2.55. The molecule has 1 amide bonds. The summed E-state index contributed by atoms with van der Waals surface area (Å²) in [6.45, 7) is 10.2. The number of hydrogen-bond acceptors (Lipinski definition) is 7. The van der Waals surface area contributed by atoms with E-state index in [2.05, 4.69) is 46.5 Å². The zero-order chi connectivity index (χ0) is 24.7. The van der Waals surface area contributed by atoms with Gasteiger partial charge in [0.1, 0.15) is 11.6 Å². The third-order valence-electron chi connectivity index (χ3n) is 7.83. The third-order valence-corrected chi connectivity index (χ3v) is 8.98. The summed E-state index contributed by atoms with van der Waals surface area (Å²) >= 11 is 1.63. The van der Waals surface area contributed by atoms with Crippen molar-refractivity contribution in [2.45, 2.75) is 51.9 Å². The van der Waals surface area contributed by atoms with E-state index in [1.807, 2.05) is 23.4 Å². The zero-order valence-electron chi connectivity index (χ0n) is 21.3. The number of anilines is 3. The molecular weight excluding hydrogens is 468 g/mol. The fraction of sp³-hybridized carbons (Fsp3) is 0.536. The van der Waals surface area contributed by atoms with Crippen molar-refractivity contribution in [1.29, 1.82) is 0 Å². The highest BCUT2D eigenvalue weighted by molar-refractivity contribution is 7.21. The monoisotopic (exact) mass is 504 g/mol. The summed E-state index contributed by atoms with van der Waals surface area (Å²) in [6, 6.07) is 6.29. The minimum atomic E-state index is 0.204. The van der Waals surface area contributed by atoms with Crippen molar-refractivity contribution in [3.05, 3.63) is 41.0 Å². The predicted octanol–water partition coefficient (Wildman–Crippen LogP) is 5.37. The third kappa shape index (κ3) is 4.68. The number of carbonyl (C=O) groups excluding carboxylic acids is 1. The summed E-state index contributed by atoms with van der Waals surface area (Å²) in [4.78, 5) is 28.2. The Hall–Kier alpha value is -2.71. The molecule has 5 heterocycles. The van der Waals surface area contributed by atoms with Gasteiger partial charge in [-0.05, 0) is 47.9 Å². The lowest BCUT2D eigenvalue weighted by Gasteiger charge is -2.45. The van der Waals surface area contributed by atoms with Crippen molar-refractivity contribution in [3.63, 3.8) is 0 Å². The maximum absolute atomic E-state index is 13.6. The minimum absolute atomic E-state index is 0.204. The molecule has 1 saturated carbocycles. The van der Waals surface area contributed by atoms with Crippen LogP contribution in [0.1, 0.15) is 67.1 Å². The molecule has 8 heteroatoms. The SMILES string of the molecule is CC1(C)CN(C(=O)c2sc3cnc(Nc4ccc(N5CCNCC5)cn4)cc3c2C2CCCCC2)C1. The summed E-state index contributed by atoms with van der Waals surface area (Å²) in [6.07, 6.45) is 9.98. The largest absolute Gasteiger partial charge is 0.368 e. The molecule has 2 aliphatic heterocycles. The Balaban J connectivity index is 1.28. The van der Waals surface area contributed by atoms with Gasteiger partial charge < -0.3 is 20.4 Å². The first-order chi connectivity index (χ1) is 17.5. The van der Waals surface area contributed by atoms with Crippen molar-refractivity contribution in [3.8, 4) is 0 Å². The lowest BCUT2D eigenvalue weighted by molar-refractivity contribution is 0.0239. The highest BCUT2D eigenvalue weighted by Crippen LogP contribution is 2.44. The van der Waals surface area contributed by atoms with E-state index >= 15 is 0 Å². The minimum Gasteiger partial charge on any atom is -0.368 e. The Kier molecular flexibility index (Phi) is 6.33. The number of pyridine rings is 2. The van der Waals surface area contributed by atoms with E-state index in [1.54, 1.807) is 11.3 Å². The number of hydrogen-bond donors (Lipinski definition) is 2. The maximum atomic E-state index is 13.6. The molecule has 0 unspecified atom stereocenters. The second-order valence-electron chi connectivity index (χ2n) is 11.3. The molecule has 190 valence electrons. The van der Waals surface area contributed by atoms with Gasteiger partial charge in [0, 0.05) is 50.9 Å². The van der Waals surface area contributed by atoms with Crippen LogP contribution in [0.25, 0.3) is 10.1 Å². The normalized spacial score (nSPS) is 20.4. The van der Waals surface area contributed by atoms with E-state index in [9.17, 15) is 4.79 Å². The van der Waals surface area contributed by atoms with E-state index < -0.39 is 0 Å². The molecule has 1 aliphatic carbocycles. The molecule has 3 aliphatic rings. The smallest absolute Gasteiger partial charge is 0.264 e. The second-order valence-corrected chi connectivity index (χ2v) is 12.4. The summed E-state index contributed by atoms with van der Waals surface area (Å²) < 4.78 is 1.10. The summed E-state index contributed by atoms with van der Waals surface area (Å²) in [5.74, 6) is 2.22. The molecule has 0 atom stereocenters. The number of piperazine rings is 1. The number of likely N-dealkylation sites (tertiary alicyclic amines) is 1. The van der Waals surface area contributed by atoms with Gasteiger partial charge in [0.15, 0.2) is 0 Å². The van der Waals surface area contributed by atoms with Crippen LogP contribution in [0.4, 0.5) is 17.3 Å². The number of aromatic nitrogens is 2. The van der Waals surface area contributed by atoms with Crippen LogP contribution in [0.15, 0.2) is 30.6 Å². The number of nitrogens with zero attached hydrogens (tertiary/aromatic N) is 4. The molecule has 2 N–H and O–H groups in total. The highest BCUT2D eigenvalue weighted by atomic mass is 32.1. The van der Waals surface area contributed by atoms with Gasteiger partial charge in [-0.1, -0.05) is 33.1 Å². The number of fused-ring (bicyclic) bond motifs is 1. The molecule has 3 fully saturated rings. The van der Waals surface area contributed by atoms with E-state index in [-0.39, 0.29) is 11.3 Å². The molecular formula is C28H36N6OS. The summed E-state index contributed by atoms with van der Waals surface area (Å²) in [5.41, 5.74) is 2.64. The van der Waals surface area contributed by atoms with Gasteiger partial charge in [-0.25, -0.2) is 9.97 Å². The van der Waals surface area contributed by atoms with Crippen LogP contribution >= 0.6 is 11.3 Å². The molecule has 0 bridgehead atoms. The van der Waals surface area contributed by atoms with Crippen LogP contribution < -0.4 is 15.5 Å². The van der Waals surface area contributed by atoms with E-state index in [4.69, 9.17) is 4.98 Å². The van der Waals surface area contributed by atoms with Crippen LogP contribution in [0.2, 0.25) is 0 Å². The van der Waals surface area contributed by atoms with Crippen molar-refractivity contribution in [2.75, 3.05) is 49.5 Å². The molecule has 0 radical (unpaired) electrons. The first-order valence-corrected chi connectivity index (χ1v) is 14.2. The molecule has 0 spiro atoms. The van der Waals surface area contributed by atoms with Gasteiger partial charge in [0.25, 0.3) is 5.91 Å². The van der Waals surface area contributed by atoms with Crippen LogP contribution in [0.5, 0.6) is 0 Å². The summed E-state index contributed by atoms with van der Waals surface area (Å²) in [7, 11) is 0. The molecule has 2 saturated heterocycles. The van der Waals surface area contributed by atoms with Gasteiger partial charge in [-0.2, -0.15) is 0 Å². The summed E-state index contributed by atoms with van der Waals surface area (Å²) in [5, 5.41) is 7.98. The first kappa shape index (κ1) is 23.7. The van der Waals surface area contributed by atoms with Gasteiger partial charge in [-0.15, -0.1) is 11.3 Å². The van der Waals surface area contributed by atoms with Crippen molar-refractivity contribution in [2.24, 2.45) is 5.41 Å². The van der Waals surface area contributed by atoms with Gasteiger partial charge in [0.2, 0.25) is 0 Å². The number of carbonyl (C=O) groups is 1. The Morgan fingerprint density at radius 2 is 1.81 bits per heavy atom. The standard InChI is InChI=1S/C28H36N6OS/c1-28(2)17-34(18-28)27(35)26-25(19-6-4-3-5-7-19)21-14-24(31-16-22(21)36-26)32-23-9-8-20(15-30-23)33-12-10-29-11-13-33/h8-9,14-16,19,29H,3-7,10-13,17-18H2,1-2H3,(H,30,31,32). The predicted molar refractivity (Wildman–Crippen MR) is 148 cm³/mol. The first-order valence-electron chi connectivity index (χ1n) is 13.4. The fourth-order valence-electron chi connectivity index (χ4n) is 6.02. The molecule has 0 aromatic carbocycles. The van der Waals surface area contributed by atoms with Crippen molar-refractivity contribution >= 4 is 44.7 Å². The van der Waals surface area contributed by atoms with Crippen LogP contribution in [-0.2, 0) is 0 Å². The van der Waals surface area contributed by atoms with Crippen LogP contribution in [0, 0.1) is 5.41 Å². The highest BCUT2D eigenvalue weighted by Gasteiger charge is 2.39. The van der Waals surface area contributed by atoms with Crippen LogP contribution in [-0.4, -0.2) is 60.0 Å². The second kappa shape index (κ2) is 9.63. The topological polar surface area (TPSA) is 73.4 Å². The van der Waals surface area contributed by atoms with Gasteiger partial charge >= 0.3 is 0 Å². The number of nitrogens with one attached hydrogen (secondary N) is 2. The number of rotatable bonds is 5. The fourth-order valence-corrected chi connectivity index (χ4v) is 7.23. The van der Waals surface area contributed by atoms with Crippen molar-refractivity contribution in [1.82, 2.24) is 20.2 Å². The Morgan fingerprint density at radius 3 is 2.50 bits per heavy atom. The number of thiophene rings is 1. The maximum Gasteiger partial charge on any atom is 0.264 e. The van der Waals surface area contributed by atoms with E-state index in [0.717, 1.165) is 79.0 Å². The van der Waals surface area contributed by atoms with Crippen molar-refractivity contribution < 1.29 is 4.79 Å². The molecule has 3 aromatic rings.